The highest BCUT2D eigenvalue weighted by Crippen LogP contribution is 2.39. The Morgan fingerprint density at radius 2 is 1.85 bits per heavy atom. The molecule has 1 saturated carbocycles. The minimum atomic E-state index is -3.67. The van der Waals surface area contributed by atoms with E-state index in [1.54, 1.807) is 35.2 Å². The maximum Gasteiger partial charge on any atom is 0.230 e. The summed E-state index contributed by atoms with van der Waals surface area (Å²) in [6.07, 6.45) is 2.27. The molecule has 2 amide bonds. The van der Waals surface area contributed by atoms with Gasteiger partial charge in [-0.05, 0) is 62.1 Å². The van der Waals surface area contributed by atoms with Crippen molar-refractivity contribution < 1.29 is 27.5 Å². The maximum atomic E-state index is 12.9. The minimum absolute atomic E-state index is 0.0105. The Bertz CT molecular complexity index is 1190. The Morgan fingerprint density at radius 3 is 2.52 bits per heavy atom. The summed E-state index contributed by atoms with van der Waals surface area (Å²) < 4.78 is 36.2. The number of methoxy groups -OCH3 is 2. The molecule has 0 radical (unpaired) electrons. The van der Waals surface area contributed by atoms with Gasteiger partial charge in [-0.3, -0.25) is 9.59 Å². The van der Waals surface area contributed by atoms with Crippen LogP contribution in [0.2, 0.25) is 0 Å². The monoisotopic (exact) mass is 472 g/mol. The van der Waals surface area contributed by atoms with E-state index in [-0.39, 0.29) is 34.9 Å². The first-order valence-corrected chi connectivity index (χ1v) is 12.6. The van der Waals surface area contributed by atoms with E-state index in [0.29, 0.717) is 23.6 Å². The number of nitrogens with one attached hydrogen (secondary N) is 1. The van der Waals surface area contributed by atoms with E-state index in [2.05, 4.69) is 5.32 Å². The van der Waals surface area contributed by atoms with E-state index in [4.69, 9.17) is 9.47 Å². The first-order valence-electron chi connectivity index (χ1n) is 10.9. The Morgan fingerprint density at radius 1 is 1.09 bits per heavy atom. The molecule has 1 unspecified atom stereocenters. The number of carbonyl (C=O) groups is 2. The fourth-order valence-corrected chi connectivity index (χ4v) is 5.41. The summed E-state index contributed by atoms with van der Waals surface area (Å²) in [5, 5.41) is 2.69. The van der Waals surface area contributed by atoms with E-state index in [0.717, 1.165) is 24.1 Å². The molecule has 4 rings (SSSR count). The zero-order valence-corrected chi connectivity index (χ0v) is 19.8. The summed E-state index contributed by atoms with van der Waals surface area (Å²) >= 11 is 0. The zero-order valence-electron chi connectivity index (χ0n) is 19.0. The van der Waals surface area contributed by atoms with Crippen molar-refractivity contribution >= 4 is 33.0 Å². The third-order valence-corrected chi connectivity index (χ3v) is 7.78. The normalized spacial score (nSPS) is 17.4. The maximum absolute atomic E-state index is 12.9. The van der Waals surface area contributed by atoms with Gasteiger partial charge in [-0.1, -0.05) is 0 Å². The number of amides is 2. The van der Waals surface area contributed by atoms with Crippen molar-refractivity contribution in [1.82, 2.24) is 0 Å². The van der Waals surface area contributed by atoms with Crippen molar-refractivity contribution in [3.63, 3.8) is 0 Å². The predicted octanol–water partition coefficient (Wildman–Crippen LogP) is 3.19. The molecule has 176 valence electrons. The topological polar surface area (TPSA) is 102 Å². The average Bonchev–Trinajstić information content (AvgIpc) is 3.59. The molecule has 33 heavy (non-hydrogen) atoms. The molecule has 1 N–H and O–H groups in total. The summed E-state index contributed by atoms with van der Waals surface area (Å²) in [4.78, 5) is 27.0. The second kappa shape index (κ2) is 9.05. The van der Waals surface area contributed by atoms with Crippen LogP contribution >= 0.6 is 0 Å². The van der Waals surface area contributed by atoms with Gasteiger partial charge in [0.15, 0.2) is 9.84 Å². The number of ether oxygens (including phenoxy) is 2. The fraction of sp³-hybridized carbons (Fsp3) is 0.417. The van der Waals surface area contributed by atoms with Gasteiger partial charge in [-0.25, -0.2) is 8.42 Å². The molecule has 9 heteroatoms. The van der Waals surface area contributed by atoms with Crippen LogP contribution in [0.25, 0.3) is 0 Å². The summed E-state index contributed by atoms with van der Waals surface area (Å²) in [5.74, 6) is 0.473. The van der Waals surface area contributed by atoms with Crippen LogP contribution < -0.4 is 19.7 Å². The SMILES string of the molecule is COc1ccc(NC(=O)CCS(=O)(=O)c2ccc3c(c2)CC(C)N3C(=O)C2CC2)c(OC)c1. The fourth-order valence-electron chi connectivity index (χ4n) is 4.12. The van der Waals surface area contributed by atoms with Crippen molar-refractivity contribution in [1.29, 1.82) is 0 Å². The molecular formula is C24H28N2O6S. The molecule has 1 fully saturated rings. The van der Waals surface area contributed by atoms with Crippen molar-refractivity contribution in [2.75, 3.05) is 30.2 Å². The van der Waals surface area contributed by atoms with Crippen LogP contribution in [0.4, 0.5) is 11.4 Å². The lowest BCUT2D eigenvalue weighted by Gasteiger charge is -2.22. The van der Waals surface area contributed by atoms with Gasteiger partial charge in [0.1, 0.15) is 11.5 Å². The number of fused-ring (bicyclic) bond motifs is 1. The molecule has 1 atom stereocenters. The molecule has 0 spiro atoms. The Hall–Kier alpha value is -3.07. The molecule has 8 nitrogen and oxygen atoms in total. The molecular weight excluding hydrogens is 444 g/mol. The summed E-state index contributed by atoms with van der Waals surface area (Å²) in [5.41, 5.74) is 2.08. The first-order chi connectivity index (χ1) is 15.7. The lowest BCUT2D eigenvalue weighted by Crippen LogP contribution is -2.36. The zero-order chi connectivity index (χ0) is 23.8. The van der Waals surface area contributed by atoms with Crippen molar-refractivity contribution in [2.45, 2.75) is 43.5 Å². The number of sulfone groups is 1. The van der Waals surface area contributed by atoms with Gasteiger partial charge in [0, 0.05) is 30.1 Å². The molecule has 0 bridgehead atoms. The number of anilines is 2. The van der Waals surface area contributed by atoms with Gasteiger partial charge >= 0.3 is 0 Å². The van der Waals surface area contributed by atoms with Crippen LogP contribution in [0, 0.1) is 5.92 Å². The van der Waals surface area contributed by atoms with E-state index in [1.807, 2.05) is 6.92 Å². The van der Waals surface area contributed by atoms with Crippen LogP contribution in [0.1, 0.15) is 31.7 Å². The third kappa shape index (κ3) is 4.83. The molecule has 1 aliphatic heterocycles. The van der Waals surface area contributed by atoms with Gasteiger partial charge in [0.05, 0.1) is 30.6 Å². The lowest BCUT2D eigenvalue weighted by atomic mass is 10.1. The smallest absolute Gasteiger partial charge is 0.230 e. The van der Waals surface area contributed by atoms with Crippen LogP contribution in [-0.4, -0.2) is 46.2 Å². The highest BCUT2D eigenvalue weighted by atomic mass is 32.2. The lowest BCUT2D eigenvalue weighted by molar-refractivity contribution is -0.120. The number of nitrogens with zero attached hydrogens (tertiary/aromatic N) is 1. The van der Waals surface area contributed by atoms with E-state index in [1.165, 1.54) is 20.3 Å². The van der Waals surface area contributed by atoms with Gasteiger partial charge in [0.2, 0.25) is 11.8 Å². The largest absolute Gasteiger partial charge is 0.497 e. The molecule has 1 aliphatic carbocycles. The molecule has 1 heterocycles. The Labute approximate surface area is 193 Å². The second-order valence-electron chi connectivity index (χ2n) is 8.51. The second-order valence-corrected chi connectivity index (χ2v) is 10.6. The molecule has 2 aromatic carbocycles. The predicted molar refractivity (Wildman–Crippen MR) is 125 cm³/mol. The van der Waals surface area contributed by atoms with E-state index < -0.39 is 15.7 Å². The van der Waals surface area contributed by atoms with Gasteiger partial charge in [-0.2, -0.15) is 0 Å². The van der Waals surface area contributed by atoms with Gasteiger partial charge in [-0.15, -0.1) is 0 Å². The molecule has 2 aromatic rings. The quantitative estimate of drug-likeness (QED) is 0.633. The molecule has 2 aliphatic rings. The molecule has 0 aromatic heterocycles. The summed E-state index contributed by atoms with van der Waals surface area (Å²) in [7, 11) is -0.667. The van der Waals surface area contributed by atoms with E-state index >= 15 is 0 Å². The number of hydrogen-bond donors (Lipinski definition) is 1. The number of carbonyl (C=O) groups excluding carboxylic acids is 2. The highest BCUT2D eigenvalue weighted by Gasteiger charge is 2.39. The van der Waals surface area contributed by atoms with Crippen molar-refractivity contribution in [3.8, 4) is 11.5 Å². The van der Waals surface area contributed by atoms with Crippen LogP contribution in [-0.2, 0) is 25.8 Å². The standard InChI is InChI=1S/C24H28N2O6S/c1-15-12-17-13-19(7-9-21(17)26(15)24(28)16-4-5-16)33(29,30)11-10-23(27)25-20-8-6-18(31-2)14-22(20)32-3/h6-9,13-16H,4-5,10-12H2,1-3H3,(H,25,27). The Balaban J connectivity index is 1.43. The van der Waals surface area contributed by atoms with Crippen LogP contribution in [0.3, 0.4) is 0 Å². The number of benzene rings is 2. The van der Waals surface area contributed by atoms with Gasteiger partial charge < -0.3 is 19.7 Å². The van der Waals surface area contributed by atoms with Crippen LogP contribution in [0.5, 0.6) is 11.5 Å². The third-order valence-electron chi connectivity index (χ3n) is 6.07. The number of rotatable bonds is 8. The molecule has 0 saturated heterocycles. The average molecular weight is 473 g/mol. The highest BCUT2D eigenvalue weighted by molar-refractivity contribution is 7.91. The van der Waals surface area contributed by atoms with Crippen LogP contribution in [0.15, 0.2) is 41.3 Å². The Kier molecular flexibility index (Phi) is 6.34. The first kappa shape index (κ1) is 23.1. The summed E-state index contributed by atoms with van der Waals surface area (Å²) in [6, 6.07) is 9.85. The van der Waals surface area contributed by atoms with E-state index in [9.17, 15) is 18.0 Å². The van der Waals surface area contributed by atoms with Crippen molar-refractivity contribution in [2.24, 2.45) is 5.92 Å². The van der Waals surface area contributed by atoms with Gasteiger partial charge in [0.25, 0.3) is 0 Å². The van der Waals surface area contributed by atoms with Crippen molar-refractivity contribution in [3.05, 3.63) is 42.0 Å². The number of hydrogen-bond acceptors (Lipinski definition) is 6. The summed E-state index contributed by atoms with van der Waals surface area (Å²) in [6.45, 7) is 1.98. The minimum Gasteiger partial charge on any atom is -0.497 e.